The second-order valence-corrected chi connectivity index (χ2v) is 5.28. The molecule has 2 rings (SSSR count). The summed E-state index contributed by atoms with van der Waals surface area (Å²) >= 11 is 0. The molecule has 1 saturated carbocycles. The molecule has 1 amide bonds. The Morgan fingerprint density at radius 3 is 2.47 bits per heavy atom. The molecule has 0 saturated heterocycles. The van der Waals surface area contributed by atoms with E-state index in [0.717, 1.165) is 25.0 Å². The van der Waals surface area contributed by atoms with Crippen molar-refractivity contribution < 1.29 is 18.7 Å². The summed E-state index contributed by atoms with van der Waals surface area (Å²) in [7, 11) is 0. The summed E-state index contributed by atoms with van der Waals surface area (Å²) in [5, 5.41) is 12.0. The zero-order valence-electron chi connectivity index (χ0n) is 10.7. The molecule has 0 bridgehead atoms. The number of benzene rings is 1. The van der Waals surface area contributed by atoms with Crippen LogP contribution in [0.5, 0.6) is 0 Å². The van der Waals surface area contributed by atoms with Crippen LogP contribution < -0.4 is 5.32 Å². The van der Waals surface area contributed by atoms with Gasteiger partial charge in [-0.25, -0.2) is 8.78 Å². The van der Waals surface area contributed by atoms with Crippen molar-refractivity contribution in [3.63, 3.8) is 0 Å². The van der Waals surface area contributed by atoms with Crippen molar-refractivity contribution in [1.29, 1.82) is 0 Å². The van der Waals surface area contributed by atoms with E-state index in [4.69, 9.17) is 0 Å². The fourth-order valence-corrected chi connectivity index (χ4v) is 2.22. The number of carbonyl (C=O) groups is 1. The molecule has 1 unspecified atom stereocenters. The van der Waals surface area contributed by atoms with Gasteiger partial charge in [-0.2, -0.15) is 0 Å². The maximum Gasteiger partial charge on any atom is 0.225 e. The molecule has 0 spiro atoms. The molecule has 0 radical (unpaired) electrons. The van der Waals surface area contributed by atoms with E-state index in [-0.39, 0.29) is 24.5 Å². The van der Waals surface area contributed by atoms with Crippen LogP contribution in [-0.2, 0) is 11.2 Å². The number of rotatable bonds is 5. The molecule has 2 N–H and O–H groups in total. The Kier molecular flexibility index (Phi) is 3.85. The summed E-state index contributed by atoms with van der Waals surface area (Å²) in [4.78, 5) is 11.9. The number of halogens is 2. The van der Waals surface area contributed by atoms with Crippen molar-refractivity contribution >= 4 is 5.91 Å². The van der Waals surface area contributed by atoms with Gasteiger partial charge in [-0.3, -0.25) is 4.79 Å². The van der Waals surface area contributed by atoms with Crippen LogP contribution in [0.1, 0.15) is 25.3 Å². The van der Waals surface area contributed by atoms with E-state index in [0.29, 0.717) is 0 Å². The van der Waals surface area contributed by atoms with Crippen LogP contribution in [0, 0.1) is 17.6 Å². The molecule has 0 heterocycles. The van der Waals surface area contributed by atoms with Gasteiger partial charge >= 0.3 is 0 Å². The highest BCUT2D eigenvalue weighted by atomic mass is 19.1. The third-order valence-corrected chi connectivity index (χ3v) is 3.63. The molecule has 1 aliphatic carbocycles. The lowest BCUT2D eigenvalue weighted by Crippen LogP contribution is -2.51. The largest absolute Gasteiger partial charge is 0.394 e. The summed E-state index contributed by atoms with van der Waals surface area (Å²) in [5.41, 5.74) is -0.935. The summed E-state index contributed by atoms with van der Waals surface area (Å²) in [6, 6.07) is 3.50. The monoisotopic (exact) mass is 269 g/mol. The molecular weight excluding hydrogens is 252 g/mol. The first-order valence-corrected chi connectivity index (χ1v) is 6.31. The molecule has 1 aromatic rings. The molecule has 0 aromatic heterocycles. The van der Waals surface area contributed by atoms with Gasteiger partial charge in [-0.1, -0.05) is 6.07 Å². The summed E-state index contributed by atoms with van der Waals surface area (Å²) in [6.45, 7) is 1.57. The van der Waals surface area contributed by atoms with Gasteiger partial charge in [0.15, 0.2) is 0 Å². The third-order valence-electron chi connectivity index (χ3n) is 3.63. The molecule has 19 heavy (non-hydrogen) atoms. The first-order valence-electron chi connectivity index (χ1n) is 6.31. The van der Waals surface area contributed by atoms with E-state index in [9.17, 15) is 18.7 Å². The number of nitrogens with one attached hydrogen (secondary N) is 1. The number of aliphatic hydroxyl groups excluding tert-OH is 1. The Balaban J connectivity index is 2.05. The van der Waals surface area contributed by atoms with Crippen LogP contribution in [0.4, 0.5) is 8.78 Å². The zero-order chi connectivity index (χ0) is 14.0. The van der Waals surface area contributed by atoms with Crippen molar-refractivity contribution in [3.05, 3.63) is 35.4 Å². The van der Waals surface area contributed by atoms with Crippen LogP contribution in [0.25, 0.3) is 0 Å². The van der Waals surface area contributed by atoms with E-state index in [1.54, 1.807) is 6.92 Å². The molecule has 0 aliphatic heterocycles. The molecule has 3 nitrogen and oxygen atoms in total. The Hall–Kier alpha value is -1.49. The molecular formula is C14H17F2NO2. The lowest BCUT2D eigenvalue weighted by molar-refractivity contribution is -0.123. The number of hydrogen-bond donors (Lipinski definition) is 2. The van der Waals surface area contributed by atoms with Gasteiger partial charge in [0.2, 0.25) is 5.91 Å². The lowest BCUT2D eigenvalue weighted by Gasteiger charge is -2.28. The lowest BCUT2D eigenvalue weighted by atomic mass is 9.96. The van der Waals surface area contributed by atoms with Gasteiger partial charge < -0.3 is 10.4 Å². The summed E-state index contributed by atoms with van der Waals surface area (Å²) < 4.78 is 26.9. The van der Waals surface area contributed by atoms with Gasteiger partial charge in [0.25, 0.3) is 0 Å². The predicted molar refractivity (Wildman–Crippen MR) is 66.4 cm³/mol. The first kappa shape index (κ1) is 13.9. The number of carbonyl (C=O) groups excluding carboxylic acids is 1. The average molecular weight is 269 g/mol. The zero-order valence-corrected chi connectivity index (χ0v) is 10.7. The minimum absolute atomic E-state index is 0.177. The number of hydrogen-bond acceptors (Lipinski definition) is 2. The molecule has 1 aliphatic rings. The van der Waals surface area contributed by atoms with Gasteiger partial charge in [-0.05, 0) is 37.8 Å². The molecule has 1 aromatic carbocycles. The van der Waals surface area contributed by atoms with E-state index < -0.39 is 23.1 Å². The topological polar surface area (TPSA) is 49.3 Å². The fraction of sp³-hybridized carbons (Fsp3) is 0.500. The van der Waals surface area contributed by atoms with Crippen molar-refractivity contribution in [2.45, 2.75) is 31.7 Å². The van der Waals surface area contributed by atoms with Crippen LogP contribution in [-0.4, -0.2) is 23.2 Å². The fourth-order valence-electron chi connectivity index (χ4n) is 2.22. The smallest absolute Gasteiger partial charge is 0.225 e. The molecule has 1 fully saturated rings. The SMILES string of the molecule is CC(CO)(NC(=O)Cc1c(F)cccc1F)C1CC1. The van der Waals surface area contributed by atoms with Gasteiger partial charge in [-0.15, -0.1) is 0 Å². The van der Waals surface area contributed by atoms with Crippen molar-refractivity contribution in [3.8, 4) is 0 Å². The highest BCUT2D eigenvalue weighted by molar-refractivity contribution is 5.79. The normalized spacial score (nSPS) is 17.9. The van der Waals surface area contributed by atoms with Crippen molar-refractivity contribution in [1.82, 2.24) is 5.32 Å². The maximum atomic E-state index is 13.4. The maximum absolute atomic E-state index is 13.4. The molecule has 1 atom stereocenters. The predicted octanol–water partition coefficient (Wildman–Crippen LogP) is 1.78. The second-order valence-electron chi connectivity index (χ2n) is 5.28. The van der Waals surface area contributed by atoms with E-state index in [1.165, 1.54) is 6.07 Å². The van der Waals surface area contributed by atoms with Gasteiger partial charge in [0.1, 0.15) is 11.6 Å². The van der Waals surface area contributed by atoms with E-state index >= 15 is 0 Å². The van der Waals surface area contributed by atoms with Gasteiger partial charge in [0.05, 0.1) is 18.6 Å². The van der Waals surface area contributed by atoms with Crippen LogP contribution in [0.15, 0.2) is 18.2 Å². The highest BCUT2D eigenvalue weighted by Gasteiger charge is 2.42. The Labute approximate surface area is 110 Å². The molecule has 104 valence electrons. The Morgan fingerprint density at radius 1 is 1.42 bits per heavy atom. The number of aliphatic hydroxyl groups is 1. The quantitative estimate of drug-likeness (QED) is 0.856. The average Bonchev–Trinajstić information content (AvgIpc) is 3.18. The first-order chi connectivity index (χ1) is 8.96. The van der Waals surface area contributed by atoms with E-state index in [2.05, 4.69) is 5.32 Å². The van der Waals surface area contributed by atoms with Crippen molar-refractivity contribution in [2.24, 2.45) is 5.92 Å². The third kappa shape index (κ3) is 3.10. The van der Waals surface area contributed by atoms with Gasteiger partial charge in [0, 0.05) is 5.56 Å². The summed E-state index contributed by atoms with van der Waals surface area (Å²) in [5.74, 6) is -1.70. The minimum atomic E-state index is -0.729. The second kappa shape index (κ2) is 5.25. The Morgan fingerprint density at radius 2 is 2.00 bits per heavy atom. The van der Waals surface area contributed by atoms with Crippen LogP contribution in [0.3, 0.4) is 0 Å². The Bertz CT molecular complexity index is 468. The van der Waals surface area contributed by atoms with E-state index in [1.807, 2.05) is 0 Å². The van der Waals surface area contributed by atoms with Crippen LogP contribution in [0.2, 0.25) is 0 Å². The highest BCUT2D eigenvalue weighted by Crippen LogP contribution is 2.39. The molecule has 5 heteroatoms. The van der Waals surface area contributed by atoms with Crippen molar-refractivity contribution in [2.75, 3.05) is 6.61 Å². The number of amides is 1. The standard InChI is InChI=1S/C14H17F2NO2/c1-14(8-18,9-5-6-9)17-13(19)7-10-11(15)3-2-4-12(10)16/h2-4,9,18H,5-8H2,1H3,(H,17,19). The minimum Gasteiger partial charge on any atom is -0.394 e. The summed E-state index contributed by atoms with van der Waals surface area (Å²) in [6.07, 6.45) is 1.54. The van der Waals surface area contributed by atoms with Crippen LogP contribution >= 0.6 is 0 Å².